The number of carboxylic acid groups (broad SMARTS) is 1. The summed E-state index contributed by atoms with van der Waals surface area (Å²) in [6.07, 6.45) is 2.08. The first-order chi connectivity index (χ1) is 24.4. The summed E-state index contributed by atoms with van der Waals surface area (Å²) in [6, 6.07) is 7.24. The van der Waals surface area contributed by atoms with E-state index in [2.05, 4.69) is 19.2 Å². The van der Waals surface area contributed by atoms with E-state index >= 15 is 0 Å². The van der Waals surface area contributed by atoms with E-state index in [1.165, 1.54) is 0 Å². The van der Waals surface area contributed by atoms with Crippen LogP contribution >= 0.6 is 0 Å². The van der Waals surface area contributed by atoms with Crippen molar-refractivity contribution in [3.05, 3.63) is 35.9 Å². The molecule has 1 aromatic carbocycles. The predicted octanol–water partition coefficient (Wildman–Crippen LogP) is 5.16. The lowest BCUT2D eigenvalue weighted by Crippen LogP contribution is -2.54. The van der Waals surface area contributed by atoms with Crippen molar-refractivity contribution in [1.29, 1.82) is 0 Å². The van der Waals surface area contributed by atoms with Gasteiger partial charge in [-0.25, -0.2) is 4.79 Å². The number of amides is 3. The van der Waals surface area contributed by atoms with Crippen LogP contribution in [0.2, 0.25) is 0 Å². The molecule has 0 aromatic heterocycles. The summed E-state index contributed by atoms with van der Waals surface area (Å²) in [5, 5.41) is 12.6. The van der Waals surface area contributed by atoms with Crippen LogP contribution in [0.15, 0.2) is 30.3 Å². The third-order valence-electron chi connectivity index (χ3n) is 11.5. The Hall–Kier alpha value is -3.31. The summed E-state index contributed by atoms with van der Waals surface area (Å²) in [7, 11) is 7.13. The van der Waals surface area contributed by atoms with Gasteiger partial charge in [-0.3, -0.25) is 24.1 Å². The smallest absolute Gasteiger partial charge is 0.326 e. The molecular formula is C41H68N4O7. The molecule has 1 heterocycles. The fourth-order valence-electron chi connectivity index (χ4n) is 8.06. The maximum Gasteiger partial charge on any atom is 0.326 e. The molecule has 0 radical (unpaired) electrons. The van der Waals surface area contributed by atoms with Crippen LogP contribution in [0.4, 0.5) is 0 Å². The van der Waals surface area contributed by atoms with Gasteiger partial charge in [-0.1, -0.05) is 92.1 Å². The summed E-state index contributed by atoms with van der Waals surface area (Å²) in [5.41, 5.74) is 0.816. The average molecular weight is 729 g/mol. The Morgan fingerprint density at radius 2 is 1.56 bits per heavy atom. The van der Waals surface area contributed by atoms with Crippen LogP contribution in [0.3, 0.4) is 0 Å². The van der Waals surface area contributed by atoms with E-state index in [1.54, 1.807) is 26.0 Å². The van der Waals surface area contributed by atoms with Gasteiger partial charge in [0, 0.05) is 51.4 Å². The summed E-state index contributed by atoms with van der Waals surface area (Å²) in [5.74, 6) is -2.85. The molecule has 2 rings (SSSR count). The standard InChI is InChI=1S/C41H68N4O7/c1-13-27(6)38(44(11)40(49)31(25(2)3)23-34(46)37(26(4)5)43(9)10)35(52-12)24-36(47)45-21-17-20-33(45)28(7)29(8)39(48)42-32(41(50)51)22-30-18-15-14-16-19-30/h14-16,18-19,25-29,31-33,35,37-38H,13,17,20-24H2,1-12H3,(H,42,48)(H,50,51)/t27-,28+,29+,31-,32-,33-,35+,37-,38-/m0/s1. The molecule has 1 aromatic rings. The van der Waals surface area contributed by atoms with E-state index in [1.807, 2.05) is 88.8 Å². The summed E-state index contributed by atoms with van der Waals surface area (Å²) in [6.45, 7) is 16.4. The second kappa shape index (κ2) is 20.8. The Kier molecular flexibility index (Phi) is 17.9. The Morgan fingerprint density at radius 1 is 0.942 bits per heavy atom. The fraction of sp³-hybridized carbons (Fsp3) is 0.732. The van der Waals surface area contributed by atoms with E-state index in [0.717, 1.165) is 24.8 Å². The van der Waals surface area contributed by atoms with Gasteiger partial charge < -0.3 is 25.0 Å². The third-order valence-corrected chi connectivity index (χ3v) is 11.5. The van der Waals surface area contributed by atoms with Crippen LogP contribution in [-0.4, -0.2) is 114 Å². The van der Waals surface area contributed by atoms with Crippen LogP contribution < -0.4 is 5.32 Å². The summed E-state index contributed by atoms with van der Waals surface area (Å²) >= 11 is 0. The molecule has 1 fully saturated rings. The number of carbonyl (C=O) groups is 5. The number of carbonyl (C=O) groups excluding carboxylic acids is 4. The number of hydrogen-bond donors (Lipinski definition) is 2. The molecule has 3 amide bonds. The van der Waals surface area contributed by atoms with Crippen molar-refractivity contribution in [2.75, 3.05) is 34.8 Å². The van der Waals surface area contributed by atoms with Gasteiger partial charge >= 0.3 is 5.97 Å². The van der Waals surface area contributed by atoms with Gasteiger partial charge in [0.2, 0.25) is 17.7 Å². The van der Waals surface area contributed by atoms with Crippen LogP contribution in [0.1, 0.15) is 93.1 Å². The third kappa shape index (κ3) is 11.9. The molecule has 0 unspecified atom stereocenters. The topological polar surface area (TPSA) is 137 Å². The van der Waals surface area contributed by atoms with Crippen molar-refractivity contribution < 1.29 is 33.8 Å². The monoisotopic (exact) mass is 729 g/mol. The molecule has 11 nitrogen and oxygen atoms in total. The molecule has 1 aliphatic rings. The minimum absolute atomic E-state index is 0.00971. The summed E-state index contributed by atoms with van der Waals surface area (Å²) < 4.78 is 6.02. The number of likely N-dealkylation sites (tertiary alicyclic amines) is 1. The van der Waals surface area contributed by atoms with Crippen molar-refractivity contribution in [2.45, 2.75) is 124 Å². The number of benzene rings is 1. The zero-order valence-corrected chi connectivity index (χ0v) is 33.9. The highest BCUT2D eigenvalue weighted by atomic mass is 16.5. The normalized spacial score (nSPS) is 19.4. The maximum atomic E-state index is 14.2. The SMILES string of the molecule is CC[C@H](C)[C@@H]([C@@H](CC(=O)N1CCC[C@H]1[C@H](C)[C@@H](C)C(=O)N[C@@H](Cc1ccccc1)C(=O)O)OC)N(C)C(=O)[C@@H](CC(=O)[C@H](C(C)C)N(C)C)C(C)C. The number of ether oxygens (including phenoxy) is 1. The molecule has 0 spiro atoms. The Labute approximate surface area is 313 Å². The highest BCUT2D eigenvalue weighted by Crippen LogP contribution is 2.32. The molecular weight excluding hydrogens is 660 g/mol. The molecule has 11 heteroatoms. The molecule has 52 heavy (non-hydrogen) atoms. The van der Waals surface area contributed by atoms with Crippen molar-refractivity contribution in [3.63, 3.8) is 0 Å². The van der Waals surface area contributed by atoms with E-state index in [-0.39, 0.29) is 78.5 Å². The van der Waals surface area contributed by atoms with Gasteiger partial charge in [-0.15, -0.1) is 0 Å². The van der Waals surface area contributed by atoms with Crippen LogP contribution in [-0.2, 0) is 35.1 Å². The van der Waals surface area contributed by atoms with Crippen molar-refractivity contribution >= 4 is 29.5 Å². The average Bonchev–Trinajstić information content (AvgIpc) is 3.59. The highest BCUT2D eigenvalue weighted by Gasteiger charge is 2.42. The first-order valence-electron chi connectivity index (χ1n) is 19.2. The van der Waals surface area contributed by atoms with Crippen molar-refractivity contribution in [3.8, 4) is 0 Å². The lowest BCUT2D eigenvalue weighted by atomic mass is 9.83. The lowest BCUT2D eigenvalue weighted by Gasteiger charge is -2.41. The number of carboxylic acids is 1. The number of nitrogens with zero attached hydrogens (tertiary/aromatic N) is 3. The van der Waals surface area contributed by atoms with Crippen LogP contribution in [0.5, 0.6) is 0 Å². The zero-order chi connectivity index (χ0) is 39.4. The van der Waals surface area contributed by atoms with Gasteiger partial charge in [0.15, 0.2) is 5.78 Å². The van der Waals surface area contributed by atoms with E-state index in [9.17, 15) is 29.1 Å². The number of likely N-dealkylation sites (N-methyl/N-ethyl adjacent to an activating group) is 2. The number of Topliss-reactive ketones (excluding diaryl/α,β-unsaturated/α-hetero) is 1. The Bertz CT molecular complexity index is 1310. The number of nitrogens with one attached hydrogen (secondary N) is 1. The predicted molar refractivity (Wildman–Crippen MR) is 204 cm³/mol. The molecule has 0 saturated carbocycles. The minimum atomic E-state index is -1.10. The second-order valence-electron chi connectivity index (χ2n) is 16.0. The zero-order valence-electron chi connectivity index (χ0n) is 33.9. The quantitative estimate of drug-likeness (QED) is 0.177. The number of hydrogen-bond acceptors (Lipinski definition) is 7. The lowest BCUT2D eigenvalue weighted by molar-refractivity contribution is -0.148. The van der Waals surface area contributed by atoms with Gasteiger partial charge in [-0.2, -0.15) is 0 Å². The molecule has 294 valence electrons. The molecule has 1 saturated heterocycles. The molecule has 1 aliphatic heterocycles. The fourth-order valence-corrected chi connectivity index (χ4v) is 8.06. The first-order valence-corrected chi connectivity index (χ1v) is 19.2. The second-order valence-corrected chi connectivity index (χ2v) is 16.0. The van der Waals surface area contributed by atoms with Crippen molar-refractivity contribution in [2.24, 2.45) is 35.5 Å². The van der Waals surface area contributed by atoms with Gasteiger partial charge in [0.1, 0.15) is 6.04 Å². The van der Waals surface area contributed by atoms with Crippen LogP contribution in [0.25, 0.3) is 0 Å². The molecule has 0 aliphatic carbocycles. The maximum absolute atomic E-state index is 14.2. The number of aliphatic carboxylic acids is 1. The Balaban J connectivity index is 2.23. The van der Waals surface area contributed by atoms with Gasteiger partial charge in [0.05, 0.1) is 24.6 Å². The molecule has 0 bridgehead atoms. The minimum Gasteiger partial charge on any atom is -0.480 e. The van der Waals surface area contributed by atoms with Gasteiger partial charge in [0.25, 0.3) is 0 Å². The van der Waals surface area contributed by atoms with Crippen molar-refractivity contribution in [1.82, 2.24) is 20.0 Å². The summed E-state index contributed by atoms with van der Waals surface area (Å²) in [4.78, 5) is 72.8. The Morgan fingerprint density at radius 3 is 2.06 bits per heavy atom. The first kappa shape index (κ1) is 44.8. The van der Waals surface area contributed by atoms with Gasteiger partial charge in [-0.05, 0) is 56.2 Å². The largest absolute Gasteiger partial charge is 0.480 e. The van der Waals surface area contributed by atoms with E-state index in [4.69, 9.17) is 4.74 Å². The molecule has 2 N–H and O–H groups in total. The molecule has 9 atom stereocenters. The van der Waals surface area contributed by atoms with E-state index in [0.29, 0.717) is 6.54 Å². The number of rotatable bonds is 21. The van der Waals surface area contributed by atoms with Crippen LogP contribution in [0, 0.1) is 35.5 Å². The van der Waals surface area contributed by atoms with E-state index < -0.39 is 36.0 Å². The number of ketones is 1. The highest BCUT2D eigenvalue weighted by molar-refractivity contribution is 5.90. The number of methoxy groups -OCH3 is 1.